The molecular weight excluding hydrogens is 229 g/mol. The van der Waals surface area contributed by atoms with E-state index in [4.69, 9.17) is 0 Å². The Labute approximate surface area is 108 Å². The summed E-state index contributed by atoms with van der Waals surface area (Å²) in [5, 5.41) is 0. The molecule has 0 spiro atoms. The van der Waals surface area contributed by atoms with Gasteiger partial charge in [0.25, 0.3) is 5.56 Å². The summed E-state index contributed by atoms with van der Waals surface area (Å²) in [6.07, 6.45) is 7.76. The lowest BCUT2D eigenvalue weighted by molar-refractivity contribution is 0.315. The smallest absolute Gasteiger partial charge is 0.250 e. The molecule has 0 saturated carbocycles. The fraction of sp³-hybridized carbons (Fsp3) is 0.533. The Bertz CT molecular complexity index is 436. The zero-order valence-corrected chi connectivity index (χ0v) is 11.2. The second-order valence-corrected chi connectivity index (χ2v) is 4.46. The molecule has 0 bridgehead atoms. The largest absolute Gasteiger partial charge is 0.316 e. The van der Waals surface area contributed by atoms with Crippen molar-refractivity contribution in [3.8, 4) is 0 Å². The van der Waals surface area contributed by atoms with E-state index < -0.39 is 6.17 Å². The Morgan fingerprint density at radius 1 is 1.33 bits per heavy atom. The molecule has 1 unspecified atom stereocenters. The zero-order chi connectivity index (χ0) is 13.4. The highest BCUT2D eigenvalue weighted by molar-refractivity contribution is 5.13. The number of nitrogens with zero attached hydrogens (tertiary/aromatic N) is 1. The van der Waals surface area contributed by atoms with Gasteiger partial charge in [0.2, 0.25) is 0 Å². The molecule has 100 valence electrons. The van der Waals surface area contributed by atoms with Crippen LogP contribution in [0.5, 0.6) is 0 Å². The van der Waals surface area contributed by atoms with E-state index in [1.807, 2.05) is 38.3 Å². The highest BCUT2D eigenvalue weighted by Gasteiger charge is 2.01. The number of halogens is 1. The number of hydrogen-bond donors (Lipinski definition) is 0. The topological polar surface area (TPSA) is 22.0 Å². The van der Waals surface area contributed by atoms with E-state index in [0.29, 0.717) is 19.4 Å². The monoisotopic (exact) mass is 251 g/mol. The van der Waals surface area contributed by atoms with Crippen LogP contribution in [0.15, 0.2) is 35.3 Å². The van der Waals surface area contributed by atoms with E-state index in [1.54, 1.807) is 10.6 Å². The predicted octanol–water partition coefficient (Wildman–Crippen LogP) is 3.50. The van der Waals surface area contributed by atoms with Crippen molar-refractivity contribution in [3.63, 3.8) is 0 Å². The number of alkyl halides is 1. The van der Waals surface area contributed by atoms with Gasteiger partial charge in [-0.05, 0) is 31.7 Å². The van der Waals surface area contributed by atoms with Gasteiger partial charge >= 0.3 is 0 Å². The van der Waals surface area contributed by atoms with Crippen LogP contribution in [-0.2, 0) is 13.0 Å². The second-order valence-electron chi connectivity index (χ2n) is 4.46. The average Bonchev–Trinajstić information content (AvgIpc) is 2.37. The molecule has 0 N–H and O–H groups in total. The van der Waals surface area contributed by atoms with Crippen LogP contribution in [0.1, 0.15) is 38.7 Å². The van der Waals surface area contributed by atoms with E-state index >= 15 is 0 Å². The van der Waals surface area contributed by atoms with Gasteiger partial charge in [-0.2, -0.15) is 0 Å². The third kappa shape index (κ3) is 4.86. The first-order valence-corrected chi connectivity index (χ1v) is 6.65. The van der Waals surface area contributed by atoms with Crippen molar-refractivity contribution in [3.05, 3.63) is 46.4 Å². The van der Waals surface area contributed by atoms with Gasteiger partial charge in [-0.3, -0.25) is 4.79 Å². The predicted molar refractivity (Wildman–Crippen MR) is 73.6 cm³/mol. The molecule has 1 aromatic heterocycles. The molecule has 1 atom stereocenters. The fourth-order valence-corrected chi connectivity index (χ4v) is 1.84. The van der Waals surface area contributed by atoms with Crippen LogP contribution in [-0.4, -0.2) is 10.7 Å². The second kappa shape index (κ2) is 7.85. The third-order valence-corrected chi connectivity index (χ3v) is 2.90. The standard InChI is InChI=1S/C15H22FNO/c1-3-7-14(16)9-6-5-8-13-10-11-15(18)17(4-2)12-13/h5-6,10-12,14H,3-4,7-9H2,1-2H3/b6-5+. The Kier molecular flexibility index (Phi) is 6.40. The van der Waals surface area contributed by atoms with Crippen LogP contribution in [0, 0.1) is 0 Å². The molecular formula is C15H22FNO. The molecule has 0 aliphatic rings. The SMILES string of the molecule is CCCC(F)C/C=C/Cc1ccc(=O)n(CC)c1. The Morgan fingerprint density at radius 3 is 2.78 bits per heavy atom. The van der Waals surface area contributed by atoms with Gasteiger partial charge in [-0.1, -0.05) is 31.6 Å². The molecule has 1 heterocycles. The molecule has 3 heteroatoms. The van der Waals surface area contributed by atoms with E-state index in [9.17, 15) is 9.18 Å². The molecule has 0 amide bonds. The maximum absolute atomic E-state index is 13.2. The van der Waals surface area contributed by atoms with E-state index in [-0.39, 0.29) is 5.56 Å². The minimum atomic E-state index is -0.726. The van der Waals surface area contributed by atoms with Crippen molar-refractivity contribution in [2.75, 3.05) is 0 Å². The molecule has 0 aromatic carbocycles. The van der Waals surface area contributed by atoms with Gasteiger partial charge in [0.05, 0.1) is 0 Å². The van der Waals surface area contributed by atoms with Crippen molar-refractivity contribution in [2.45, 2.75) is 52.2 Å². The Balaban J connectivity index is 2.48. The lowest BCUT2D eigenvalue weighted by atomic mass is 10.1. The number of allylic oxidation sites excluding steroid dienone is 2. The summed E-state index contributed by atoms with van der Waals surface area (Å²) in [4.78, 5) is 11.4. The van der Waals surface area contributed by atoms with Crippen molar-refractivity contribution >= 4 is 0 Å². The van der Waals surface area contributed by atoms with Crippen molar-refractivity contribution < 1.29 is 4.39 Å². The number of aromatic nitrogens is 1. The molecule has 0 fully saturated rings. The minimum Gasteiger partial charge on any atom is -0.316 e. The normalized spacial score (nSPS) is 13.1. The van der Waals surface area contributed by atoms with Gasteiger partial charge in [0.1, 0.15) is 6.17 Å². The Hall–Kier alpha value is -1.38. The maximum atomic E-state index is 13.2. The molecule has 2 nitrogen and oxygen atoms in total. The molecule has 1 rings (SSSR count). The summed E-state index contributed by atoms with van der Waals surface area (Å²) < 4.78 is 14.9. The lowest BCUT2D eigenvalue weighted by Gasteiger charge is -2.04. The highest BCUT2D eigenvalue weighted by atomic mass is 19.1. The summed E-state index contributed by atoms with van der Waals surface area (Å²) in [7, 11) is 0. The van der Waals surface area contributed by atoms with Crippen LogP contribution in [0.4, 0.5) is 4.39 Å². The molecule has 0 aliphatic carbocycles. The van der Waals surface area contributed by atoms with Crippen LogP contribution < -0.4 is 5.56 Å². The summed E-state index contributed by atoms with van der Waals surface area (Å²) in [6.45, 7) is 4.61. The summed E-state index contributed by atoms with van der Waals surface area (Å²) >= 11 is 0. The van der Waals surface area contributed by atoms with Crippen LogP contribution in [0.2, 0.25) is 0 Å². The summed E-state index contributed by atoms with van der Waals surface area (Å²) in [6, 6.07) is 3.42. The molecule has 0 aliphatic heterocycles. The van der Waals surface area contributed by atoms with Crippen LogP contribution >= 0.6 is 0 Å². The van der Waals surface area contributed by atoms with Crippen molar-refractivity contribution in [1.82, 2.24) is 4.57 Å². The van der Waals surface area contributed by atoms with Crippen molar-refractivity contribution in [2.24, 2.45) is 0 Å². The summed E-state index contributed by atoms with van der Waals surface area (Å²) in [5.74, 6) is 0. The highest BCUT2D eigenvalue weighted by Crippen LogP contribution is 2.07. The van der Waals surface area contributed by atoms with Crippen molar-refractivity contribution in [1.29, 1.82) is 0 Å². The number of pyridine rings is 1. The van der Waals surface area contributed by atoms with E-state index in [1.165, 1.54) is 0 Å². The van der Waals surface area contributed by atoms with Crippen LogP contribution in [0.25, 0.3) is 0 Å². The number of hydrogen-bond acceptors (Lipinski definition) is 1. The molecule has 1 aromatic rings. The van der Waals surface area contributed by atoms with E-state index in [0.717, 1.165) is 18.4 Å². The van der Waals surface area contributed by atoms with Gasteiger partial charge in [0.15, 0.2) is 0 Å². The van der Waals surface area contributed by atoms with Gasteiger partial charge < -0.3 is 4.57 Å². The number of aryl methyl sites for hydroxylation is 1. The Morgan fingerprint density at radius 2 is 2.11 bits per heavy atom. The lowest BCUT2D eigenvalue weighted by Crippen LogP contribution is -2.17. The first-order valence-electron chi connectivity index (χ1n) is 6.65. The van der Waals surface area contributed by atoms with Gasteiger partial charge in [0, 0.05) is 18.8 Å². The molecule has 18 heavy (non-hydrogen) atoms. The fourth-order valence-electron chi connectivity index (χ4n) is 1.84. The van der Waals surface area contributed by atoms with Gasteiger partial charge in [-0.15, -0.1) is 0 Å². The first kappa shape index (κ1) is 14.7. The molecule has 0 radical (unpaired) electrons. The quantitative estimate of drug-likeness (QED) is 0.680. The maximum Gasteiger partial charge on any atom is 0.250 e. The zero-order valence-electron chi connectivity index (χ0n) is 11.2. The third-order valence-electron chi connectivity index (χ3n) is 2.90. The van der Waals surface area contributed by atoms with E-state index in [2.05, 4.69) is 0 Å². The first-order chi connectivity index (χ1) is 8.67. The minimum absolute atomic E-state index is 0.0250. The van der Waals surface area contributed by atoms with Gasteiger partial charge in [-0.25, -0.2) is 4.39 Å². The average molecular weight is 251 g/mol. The van der Waals surface area contributed by atoms with Crippen LogP contribution in [0.3, 0.4) is 0 Å². The molecule has 0 saturated heterocycles. The summed E-state index contributed by atoms with van der Waals surface area (Å²) in [5.41, 5.74) is 1.11. The number of rotatable bonds is 7.